The average molecular weight is 272 g/mol. The number of aryl methyl sites for hydroxylation is 1. The van der Waals surface area contributed by atoms with Gasteiger partial charge in [0.25, 0.3) is 0 Å². The Labute approximate surface area is 121 Å². The minimum atomic E-state index is 0.240. The van der Waals surface area contributed by atoms with Gasteiger partial charge < -0.3 is 9.88 Å². The van der Waals surface area contributed by atoms with Crippen molar-refractivity contribution in [2.75, 3.05) is 7.05 Å². The van der Waals surface area contributed by atoms with E-state index in [4.69, 9.17) is 0 Å². The van der Waals surface area contributed by atoms with Crippen LogP contribution in [0.2, 0.25) is 0 Å². The number of nitrogens with one attached hydrogen (secondary N) is 1. The molecule has 2 aromatic rings. The van der Waals surface area contributed by atoms with Gasteiger partial charge in [0.1, 0.15) is 0 Å². The number of hydrogen-bond acceptors (Lipinski definition) is 1. The Morgan fingerprint density at radius 3 is 2.65 bits per heavy atom. The molecule has 0 aliphatic rings. The molecule has 0 bridgehead atoms. The zero-order valence-corrected chi connectivity index (χ0v) is 12.6. The lowest BCUT2D eigenvalue weighted by atomic mass is 10.1. The van der Waals surface area contributed by atoms with E-state index >= 15 is 0 Å². The molecule has 0 unspecified atom stereocenters. The molecule has 3 nitrogen and oxygen atoms in total. The third kappa shape index (κ3) is 3.03. The lowest BCUT2D eigenvalue weighted by Gasteiger charge is -2.26. The topological polar surface area (TPSA) is 36.1 Å². The number of para-hydroxylation sites is 1. The summed E-state index contributed by atoms with van der Waals surface area (Å²) >= 11 is 0. The Morgan fingerprint density at radius 2 is 1.95 bits per heavy atom. The standard InChI is InChI=1S/C17H24N2O/c1-4-14(5-2)19(3)17(20)11-10-13-12-18-16-9-7-6-8-15(13)16/h6-9,12,14,18H,4-5,10-11H2,1-3H3. The lowest BCUT2D eigenvalue weighted by Crippen LogP contribution is -2.36. The first-order valence-corrected chi connectivity index (χ1v) is 7.48. The first-order valence-electron chi connectivity index (χ1n) is 7.48. The maximum Gasteiger partial charge on any atom is 0.222 e. The Morgan fingerprint density at radius 1 is 1.25 bits per heavy atom. The summed E-state index contributed by atoms with van der Waals surface area (Å²) in [4.78, 5) is 17.4. The number of rotatable bonds is 6. The minimum Gasteiger partial charge on any atom is -0.361 e. The predicted molar refractivity (Wildman–Crippen MR) is 83.8 cm³/mol. The van der Waals surface area contributed by atoms with Gasteiger partial charge in [-0.3, -0.25) is 4.79 Å². The number of fused-ring (bicyclic) bond motifs is 1. The zero-order chi connectivity index (χ0) is 14.5. The molecule has 20 heavy (non-hydrogen) atoms. The number of H-pyrrole nitrogens is 1. The van der Waals surface area contributed by atoms with Gasteiger partial charge in [-0.15, -0.1) is 0 Å². The first kappa shape index (κ1) is 14.6. The normalized spacial score (nSPS) is 11.2. The summed E-state index contributed by atoms with van der Waals surface area (Å²) < 4.78 is 0. The molecule has 108 valence electrons. The van der Waals surface area contributed by atoms with E-state index < -0.39 is 0 Å². The van der Waals surface area contributed by atoms with Crippen LogP contribution in [0.25, 0.3) is 10.9 Å². The van der Waals surface area contributed by atoms with Gasteiger partial charge in [-0.1, -0.05) is 32.0 Å². The molecule has 0 fully saturated rings. The van der Waals surface area contributed by atoms with E-state index in [1.54, 1.807) is 0 Å². The second kappa shape index (κ2) is 6.60. The summed E-state index contributed by atoms with van der Waals surface area (Å²) in [5.41, 5.74) is 2.37. The van der Waals surface area contributed by atoms with E-state index in [-0.39, 0.29) is 5.91 Å². The van der Waals surface area contributed by atoms with Crippen LogP contribution in [-0.2, 0) is 11.2 Å². The molecule has 0 saturated carbocycles. The summed E-state index contributed by atoms with van der Waals surface area (Å²) in [6, 6.07) is 8.60. The second-order valence-corrected chi connectivity index (χ2v) is 5.33. The van der Waals surface area contributed by atoms with Gasteiger partial charge in [0.15, 0.2) is 0 Å². The summed E-state index contributed by atoms with van der Waals surface area (Å²) in [5, 5.41) is 1.23. The van der Waals surface area contributed by atoms with Gasteiger partial charge in [0.05, 0.1) is 0 Å². The van der Waals surface area contributed by atoms with Crippen molar-refractivity contribution in [3.8, 4) is 0 Å². The van der Waals surface area contributed by atoms with E-state index in [1.165, 1.54) is 10.9 Å². The molecule has 0 atom stereocenters. The highest BCUT2D eigenvalue weighted by molar-refractivity contribution is 5.84. The number of hydrogen-bond donors (Lipinski definition) is 1. The van der Waals surface area contributed by atoms with Crippen molar-refractivity contribution in [3.05, 3.63) is 36.0 Å². The van der Waals surface area contributed by atoms with Crippen LogP contribution in [0.1, 0.15) is 38.7 Å². The van der Waals surface area contributed by atoms with Crippen molar-refractivity contribution in [3.63, 3.8) is 0 Å². The average Bonchev–Trinajstić information content (AvgIpc) is 2.89. The van der Waals surface area contributed by atoms with E-state index in [0.29, 0.717) is 12.5 Å². The maximum atomic E-state index is 12.2. The fourth-order valence-electron chi connectivity index (χ4n) is 2.80. The van der Waals surface area contributed by atoms with Gasteiger partial charge >= 0.3 is 0 Å². The van der Waals surface area contributed by atoms with Crippen LogP contribution in [0.15, 0.2) is 30.5 Å². The summed E-state index contributed by atoms with van der Waals surface area (Å²) in [6.45, 7) is 4.27. The molecule has 0 spiro atoms. The predicted octanol–water partition coefficient (Wildman–Crippen LogP) is 3.75. The van der Waals surface area contributed by atoms with Gasteiger partial charge in [-0.2, -0.15) is 0 Å². The second-order valence-electron chi connectivity index (χ2n) is 5.33. The molecular weight excluding hydrogens is 248 g/mol. The number of carbonyl (C=O) groups excluding carboxylic acids is 1. The Balaban J connectivity index is 2.00. The van der Waals surface area contributed by atoms with Crippen molar-refractivity contribution in [2.45, 2.75) is 45.6 Å². The molecule has 1 aromatic carbocycles. The molecule has 0 saturated heterocycles. The Kier molecular flexibility index (Phi) is 4.83. The minimum absolute atomic E-state index is 0.240. The number of benzene rings is 1. The third-order valence-electron chi connectivity index (χ3n) is 4.17. The summed E-state index contributed by atoms with van der Waals surface area (Å²) in [7, 11) is 1.93. The highest BCUT2D eigenvalue weighted by atomic mass is 16.2. The fourth-order valence-corrected chi connectivity index (χ4v) is 2.80. The van der Waals surface area contributed by atoms with Gasteiger partial charge in [0, 0.05) is 36.6 Å². The summed E-state index contributed by atoms with van der Waals surface area (Å²) in [6.07, 6.45) is 5.44. The van der Waals surface area contributed by atoms with Gasteiger partial charge in [-0.25, -0.2) is 0 Å². The number of aromatic nitrogens is 1. The Hall–Kier alpha value is -1.77. The molecule has 1 N–H and O–H groups in total. The van der Waals surface area contributed by atoms with E-state index in [1.807, 2.05) is 30.3 Å². The smallest absolute Gasteiger partial charge is 0.222 e. The summed E-state index contributed by atoms with van der Waals surface area (Å²) in [5.74, 6) is 0.240. The zero-order valence-electron chi connectivity index (χ0n) is 12.6. The molecule has 2 rings (SSSR count). The molecule has 1 aromatic heterocycles. The molecule has 3 heteroatoms. The van der Waals surface area contributed by atoms with Crippen LogP contribution in [0.4, 0.5) is 0 Å². The molecule has 1 heterocycles. The molecule has 1 amide bonds. The van der Waals surface area contributed by atoms with Crippen LogP contribution in [0.5, 0.6) is 0 Å². The van der Waals surface area contributed by atoms with Gasteiger partial charge in [0.2, 0.25) is 5.91 Å². The molecule has 0 aliphatic heterocycles. The number of aromatic amines is 1. The van der Waals surface area contributed by atoms with E-state index in [2.05, 4.69) is 31.0 Å². The number of nitrogens with zero attached hydrogens (tertiary/aromatic N) is 1. The Bertz CT molecular complexity index is 569. The number of carbonyl (C=O) groups is 1. The monoisotopic (exact) mass is 272 g/mol. The largest absolute Gasteiger partial charge is 0.361 e. The van der Waals surface area contributed by atoms with Crippen molar-refractivity contribution < 1.29 is 4.79 Å². The molecule has 0 radical (unpaired) electrons. The SMILES string of the molecule is CCC(CC)N(C)C(=O)CCc1c[nH]c2ccccc12. The van der Waals surface area contributed by atoms with Crippen molar-refractivity contribution in [1.29, 1.82) is 0 Å². The van der Waals surface area contributed by atoms with E-state index in [0.717, 1.165) is 24.8 Å². The highest BCUT2D eigenvalue weighted by Gasteiger charge is 2.16. The van der Waals surface area contributed by atoms with Crippen LogP contribution >= 0.6 is 0 Å². The molecular formula is C17H24N2O. The maximum absolute atomic E-state index is 12.2. The first-order chi connectivity index (χ1) is 9.67. The van der Waals surface area contributed by atoms with Crippen molar-refractivity contribution >= 4 is 16.8 Å². The molecule has 0 aliphatic carbocycles. The quantitative estimate of drug-likeness (QED) is 0.854. The van der Waals surface area contributed by atoms with Gasteiger partial charge in [-0.05, 0) is 30.9 Å². The third-order valence-corrected chi connectivity index (χ3v) is 4.17. The number of amides is 1. The van der Waals surface area contributed by atoms with Crippen LogP contribution < -0.4 is 0 Å². The van der Waals surface area contributed by atoms with E-state index in [9.17, 15) is 4.79 Å². The van der Waals surface area contributed by atoms with Crippen LogP contribution in [0.3, 0.4) is 0 Å². The van der Waals surface area contributed by atoms with Crippen LogP contribution in [-0.4, -0.2) is 28.9 Å². The van der Waals surface area contributed by atoms with Crippen LogP contribution in [0, 0.1) is 0 Å². The fraction of sp³-hybridized carbons (Fsp3) is 0.471. The lowest BCUT2D eigenvalue weighted by molar-refractivity contribution is -0.132. The highest BCUT2D eigenvalue weighted by Crippen LogP contribution is 2.19. The van der Waals surface area contributed by atoms with Crippen molar-refractivity contribution in [2.24, 2.45) is 0 Å². The van der Waals surface area contributed by atoms with Crippen molar-refractivity contribution in [1.82, 2.24) is 9.88 Å².